The predicted octanol–water partition coefficient (Wildman–Crippen LogP) is 6.01. The lowest BCUT2D eigenvalue weighted by atomic mass is 10.0. The Hall–Kier alpha value is -4.04. The Labute approximate surface area is 177 Å². The van der Waals surface area contributed by atoms with Gasteiger partial charge >= 0.3 is 0 Å². The van der Waals surface area contributed by atoms with Gasteiger partial charge in [0.2, 0.25) is 0 Å². The largest absolute Gasteiger partial charge is 0.360 e. The zero-order valence-corrected chi connectivity index (χ0v) is 17.0. The fourth-order valence-corrected chi connectivity index (χ4v) is 2.79. The van der Waals surface area contributed by atoms with Crippen molar-refractivity contribution in [3.63, 3.8) is 0 Å². The standard InChI is InChI=1S/C25H24N4O/c1-18(2)19-8-10-24(11-9-19)29-25(30)20(16-26)17-27-21-12-14-23(15-13-21)28-22-6-4-3-5-7-22/h3-15,17-18,27-28H,1-2H3,(H,29,30)/b20-17-. The van der Waals surface area contributed by atoms with Crippen LogP contribution in [0.4, 0.5) is 22.7 Å². The predicted molar refractivity (Wildman–Crippen MR) is 123 cm³/mol. The van der Waals surface area contributed by atoms with Gasteiger partial charge in [-0.25, -0.2) is 0 Å². The van der Waals surface area contributed by atoms with Crippen molar-refractivity contribution >= 4 is 28.7 Å². The van der Waals surface area contributed by atoms with E-state index in [0.717, 1.165) is 17.1 Å². The third kappa shape index (κ3) is 5.73. The Balaban J connectivity index is 1.60. The molecule has 0 fully saturated rings. The minimum Gasteiger partial charge on any atom is -0.360 e. The van der Waals surface area contributed by atoms with Gasteiger partial charge in [0.05, 0.1) is 0 Å². The van der Waals surface area contributed by atoms with Gasteiger partial charge in [0.25, 0.3) is 5.91 Å². The van der Waals surface area contributed by atoms with Crippen molar-refractivity contribution in [3.05, 3.63) is 96.2 Å². The molecule has 0 atom stereocenters. The number of amides is 1. The second-order valence-corrected chi connectivity index (χ2v) is 7.11. The van der Waals surface area contributed by atoms with Gasteiger partial charge in [-0.3, -0.25) is 4.79 Å². The van der Waals surface area contributed by atoms with Gasteiger partial charge in [-0.2, -0.15) is 5.26 Å². The molecular weight excluding hydrogens is 372 g/mol. The summed E-state index contributed by atoms with van der Waals surface area (Å²) in [6.07, 6.45) is 1.41. The normalized spacial score (nSPS) is 10.9. The molecule has 0 aliphatic rings. The first kappa shape index (κ1) is 20.7. The molecule has 5 heteroatoms. The van der Waals surface area contributed by atoms with Crippen LogP contribution in [0.3, 0.4) is 0 Å². The quantitative estimate of drug-likeness (QED) is 0.337. The molecule has 0 unspecified atom stereocenters. The van der Waals surface area contributed by atoms with E-state index in [1.807, 2.05) is 84.9 Å². The van der Waals surface area contributed by atoms with Crippen molar-refractivity contribution in [1.29, 1.82) is 5.26 Å². The minimum absolute atomic E-state index is 0.00516. The zero-order valence-electron chi connectivity index (χ0n) is 17.0. The van der Waals surface area contributed by atoms with Crippen LogP contribution in [0.1, 0.15) is 25.3 Å². The van der Waals surface area contributed by atoms with Gasteiger partial charge in [-0.15, -0.1) is 0 Å². The van der Waals surface area contributed by atoms with E-state index < -0.39 is 5.91 Å². The molecule has 1 amide bonds. The first-order chi connectivity index (χ1) is 14.5. The fourth-order valence-electron chi connectivity index (χ4n) is 2.79. The van der Waals surface area contributed by atoms with Gasteiger partial charge in [0.15, 0.2) is 0 Å². The Morgan fingerprint density at radius 3 is 2.00 bits per heavy atom. The number of benzene rings is 3. The molecule has 150 valence electrons. The number of nitrogens with one attached hydrogen (secondary N) is 3. The summed E-state index contributed by atoms with van der Waals surface area (Å²) in [7, 11) is 0. The molecule has 0 saturated heterocycles. The number of hydrogen-bond acceptors (Lipinski definition) is 4. The van der Waals surface area contributed by atoms with Crippen LogP contribution >= 0.6 is 0 Å². The van der Waals surface area contributed by atoms with E-state index >= 15 is 0 Å². The summed E-state index contributed by atoms with van der Waals surface area (Å²) in [5.41, 5.74) is 4.56. The lowest BCUT2D eigenvalue weighted by molar-refractivity contribution is -0.112. The molecule has 3 rings (SSSR count). The fraction of sp³-hybridized carbons (Fsp3) is 0.120. The zero-order chi connectivity index (χ0) is 21.3. The van der Waals surface area contributed by atoms with E-state index in [9.17, 15) is 10.1 Å². The van der Waals surface area contributed by atoms with Gasteiger partial charge in [0, 0.05) is 28.9 Å². The van der Waals surface area contributed by atoms with Crippen LogP contribution in [0.2, 0.25) is 0 Å². The van der Waals surface area contributed by atoms with Crippen molar-refractivity contribution in [2.75, 3.05) is 16.0 Å². The Kier molecular flexibility index (Phi) is 6.86. The number of rotatable bonds is 7. The van der Waals surface area contributed by atoms with Crippen molar-refractivity contribution in [2.24, 2.45) is 0 Å². The highest BCUT2D eigenvalue weighted by Crippen LogP contribution is 2.20. The van der Waals surface area contributed by atoms with E-state index in [1.165, 1.54) is 11.8 Å². The number of nitrogens with zero attached hydrogens (tertiary/aromatic N) is 1. The van der Waals surface area contributed by atoms with Gasteiger partial charge in [-0.1, -0.05) is 44.2 Å². The van der Waals surface area contributed by atoms with Crippen LogP contribution in [0, 0.1) is 11.3 Å². The maximum atomic E-state index is 12.4. The minimum atomic E-state index is -0.454. The Morgan fingerprint density at radius 2 is 1.40 bits per heavy atom. The summed E-state index contributed by atoms with van der Waals surface area (Å²) in [6.45, 7) is 4.22. The summed E-state index contributed by atoms with van der Waals surface area (Å²) in [6, 6.07) is 27.0. The second-order valence-electron chi connectivity index (χ2n) is 7.11. The first-order valence-electron chi connectivity index (χ1n) is 9.75. The maximum Gasteiger partial charge on any atom is 0.267 e. The number of para-hydroxylation sites is 1. The molecule has 0 aliphatic carbocycles. The molecule has 0 saturated carbocycles. The molecule has 0 heterocycles. The molecule has 3 aromatic carbocycles. The van der Waals surface area contributed by atoms with Crippen LogP contribution in [0.25, 0.3) is 0 Å². The molecule has 3 N–H and O–H groups in total. The van der Waals surface area contributed by atoms with Crippen molar-refractivity contribution in [1.82, 2.24) is 0 Å². The molecule has 0 spiro atoms. The number of hydrogen-bond donors (Lipinski definition) is 3. The average Bonchev–Trinajstić information content (AvgIpc) is 2.76. The van der Waals surface area contributed by atoms with E-state index in [4.69, 9.17) is 0 Å². The summed E-state index contributed by atoms with van der Waals surface area (Å²) in [5, 5.41) is 18.4. The van der Waals surface area contributed by atoms with Gasteiger partial charge < -0.3 is 16.0 Å². The molecule has 30 heavy (non-hydrogen) atoms. The van der Waals surface area contributed by atoms with Crippen molar-refractivity contribution in [2.45, 2.75) is 19.8 Å². The molecule has 0 aromatic heterocycles. The van der Waals surface area contributed by atoms with Crippen molar-refractivity contribution < 1.29 is 4.79 Å². The summed E-state index contributed by atoms with van der Waals surface area (Å²) >= 11 is 0. The second kappa shape index (κ2) is 9.94. The number of nitriles is 1. The van der Waals surface area contributed by atoms with E-state index in [2.05, 4.69) is 29.8 Å². The highest BCUT2D eigenvalue weighted by Gasteiger charge is 2.09. The van der Waals surface area contributed by atoms with Crippen LogP contribution < -0.4 is 16.0 Å². The Morgan fingerprint density at radius 1 is 0.833 bits per heavy atom. The van der Waals surface area contributed by atoms with Crippen LogP contribution in [0.5, 0.6) is 0 Å². The van der Waals surface area contributed by atoms with Gasteiger partial charge in [0.1, 0.15) is 11.6 Å². The number of carbonyl (C=O) groups is 1. The molecule has 0 bridgehead atoms. The smallest absolute Gasteiger partial charge is 0.267 e. The van der Waals surface area contributed by atoms with Crippen LogP contribution in [-0.2, 0) is 4.79 Å². The lowest BCUT2D eigenvalue weighted by Gasteiger charge is -2.09. The van der Waals surface area contributed by atoms with E-state index in [1.54, 1.807) is 0 Å². The first-order valence-corrected chi connectivity index (χ1v) is 9.75. The average molecular weight is 396 g/mol. The highest BCUT2D eigenvalue weighted by molar-refractivity contribution is 6.06. The third-order valence-electron chi connectivity index (χ3n) is 4.53. The summed E-state index contributed by atoms with van der Waals surface area (Å²) in [5.74, 6) is -0.0348. The summed E-state index contributed by atoms with van der Waals surface area (Å²) in [4.78, 5) is 12.4. The van der Waals surface area contributed by atoms with E-state index in [-0.39, 0.29) is 5.57 Å². The van der Waals surface area contributed by atoms with E-state index in [0.29, 0.717) is 11.6 Å². The molecule has 5 nitrogen and oxygen atoms in total. The molecule has 3 aromatic rings. The Bertz CT molecular complexity index is 1050. The third-order valence-corrected chi connectivity index (χ3v) is 4.53. The monoisotopic (exact) mass is 396 g/mol. The molecule has 0 aliphatic heterocycles. The number of anilines is 4. The SMILES string of the molecule is CC(C)c1ccc(NC(=O)/C(C#N)=C\Nc2ccc(Nc3ccccc3)cc2)cc1. The lowest BCUT2D eigenvalue weighted by Crippen LogP contribution is -2.14. The summed E-state index contributed by atoms with van der Waals surface area (Å²) < 4.78 is 0. The topological polar surface area (TPSA) is 77.0 Å². The number of carbonyl (C=O) groups excluding carboxylic acids is 1. The highest BCUT2D eigenvalue weighted by atomic mass is 16.1. The van der Waals surface area contributed by atoms with Gasteiger partial charge in [-0.05, 0) is 60.0 Å². The maximum absolute atomic E-state index is 12.4. The van der Waals surface area contributed by atoms with Crippen molar-refractivity contribution in [3.8, 4) is 6.07 Å². The molecular formula is C25H24N4O. The van der Waals surface area contributed by atoms with Crippen LogP contribution in [-0.4, -0.2) is 5.91 Å². The van der Waals surface area contributed by atoms with Crippen LogP contribution in [0.15, 0.2) is 90.6 Å². The molecule has 0 radical (unpaired) electrons.